The standard InChI is InChI=1S/C28H26N2O8/c31-25(32)15-16-29(28(35)37-19-20-7-2-1-3-8-20)21-11-13-22(14-12-21)36-17-6-18-38-30-26(33)23-9-4-5-10-24(23)27(30)34/h1-5,7-14H,6,15-19H2,(H,31,32). The summed E-state index contributed by atoms with van der Waals surface area (Å²) in [5.74, 6) is -1.49. The van der Waals surface area contributed by atoms with Gasteiger partial charge in [0, 0.05) is 18.7 Å². The van der Waals surface area contributed by atoms with Gasteiger partial charge in [0.1, 0.15) is 12.4 Å². The minimum Gasteiger partial charge on any atom is -0.494 e. The third-order valence-corrected chi connectivity index (χ3v) is 5.66. The molecule has 0 aromatic heterocycles. The van der Waals surface area contributed by atoms with Crippen LogP contribution in [-0.2, 0) is 21.0 Å². The molecule has 10 nitrogen and oxygen atoms in total. The van der Waals surface area contributed by atoms with Gasteiger partial charge >= 0.3 is 12.1 Å². The Hall–Kier alpha value is -4.70. The number of rotatable bonds is 12. The minimum atomic E-state index is -1.03. The molecule has 1 aliphatic rings. The van der Waals surface area contributed by atoms with E-state index >= 15 is 0 Å². The number of nitrogens with zero attached hydrogens (tertiary/aromatic N) is 2. The topological polar surface area (TPSA) is 123 Å². The average Bonchev–Trinajstić information content (AvgIpc) is 3.18. The molecule has 0 bridgehead atoms. The van der Waals surface area contributed by atoms with Gasteiger partial charge in [0.05, 0.1) is 30.8 Å². The quantitative estimate of drug-likeness (QED) is 0.278. The Bertz CT molecular complexity index is 1260. The van der Waals surface area contributed by atoms with E-state index in [1.807, 2.05) is 30.3 Å². The predicted molar refractivity (Wildman–Crippen MR) is 136 cm³/mol. The number of carboxylic acid groups (broad SMARTS) is 1. The zero-order chi connectivity index (χ0) is 26.9. The number of benzene rings is 3. The maximum atomic E-state index is 12.7. The number of hydroxylamine groups is 2. The average molecular weight is 519 g/mol. The van der Waals surface area contributed by atoms with Gasteiger partial charge in [-0.3, -0.25) is 24.1 Å². The van der Waals surface area contributed by atoms with E-state index in [-0.39, 0.29) is 32.8 Å². The number of imide groups is 1. The zero-order valence-corrected chi connectivity index (χ0v) is 20.4. The molecule has 3 amide bonds. The first kappa shape index (κ1) is 26.4. The van der Waals surface area contributed by atoms with E-state index in [1.54, 1.807) is 48.5 Å². The molecule has 1 heterocycles. The summed E-state index contributed by atoms with van der Waals surface area (Å²) in [6, 6.07) is 22.3. The molecule has 0 radical (unpaired) electrons. The van der Waals surface area contributed by atoms with Gasteiger partial charge in [-0.25, -0.2) is 4.79 Å². The minimum absolute atomic E-state index is 0.0572. The Kier molecular flexibility index (Phi) is 8.68. The molecule has 38 heavy (non-hydrogen) atoms. The van der Waals surface area contributed by atoms with Crippen LogP contribution in [0.1, 0.15) is 39.1 Å². The highest BCUT2D eigenvalue weighted by Crippen LogP contribution is 2.23. The summed E-state index contributed by atoms with van der Waals surface area (Å²) in [6.45, 7) is 0.357. The summed E-state index contributed by atoms with van der Waals surface area (Å²) in [5.41, 5.74) is 1.91. The van der Waals surface area contributed by atoms with Crippen molar-refractivity contribution in [2.24, 2.45) is 0 Å². The molecule has 0 saturated heterocycles. The second kappa shape index (κ2) is 12.5. The van der Waals surface area contributed by atoms with Crippen molar-refractivity contribution in [2.45, 2.75) is 19.4 Å². The summed E-state index contributed by atoms with van der Waals surface area (Å²) in [6.07, 6.45) is -0.494. The van der Waals surface area contributed by atoms with Gasteiger partial charge in [-0.2, -0.15) is 0 Å². The van der Waals surface area contributed by atoms with Crippen LogP contribution in [0.5, 0.6) is 5.75 Å². The van der Waals surface area contributed by atoms with Gasteiger partial charge in [-0.15, -0.1) is 5.06 Å². The first-order chi connectivity index (χ1) is 18.4. The molecular weight excluding hydrogens is 492 g/mol. The Labute approximate surface area is 218 Å². The van der Waals surface area contributed by atoms with E-state index in [0.29, 0.717) is 29.0 Å². The van der Waals surface area contributed by atoms with Gasteiger partial charge < -0.3 is 14.6 Å². The number of aliphatic carboxylic acids is 1. The molecule has 0 fully saturated rings. The molecule has 3 aromatic carbocycles. The van der Waals surface area contributed by atoms with E-state index in [1.165, 1.54) is 4.90 Å². The Morgan fingerprint density at radius 2 is 1.45 bits per heavy atom. The van der Waals surface area contributed by atoms with Gasteiger partial charge in [-0.05, 0) is 42.0 Å². The lowest BCUT2D eigenvalue weighted by Gasteiger charge is -2.22. The lowest BCUT2D eigenvalue weighted by atomic mass is 10.1. The number of hydrogen-bond donors (Lipinski definition) is 1. The van der Waals surface area contributed by atoms with Crippen molar-refractivity contribution in [1.82, 2.24) is 5.06 Å². The van der Waals surface area contributed by atoms with Crippen LogP contribution < -0.4 is 9.64 Å². The highest BCUT2D eigenvalue weighted by molar-refractivity contribution is 6.20. The first-order valence-corrected chi connectivity index (χ1v) is 12.0. The molecule has 0 atom stereocenters. The molecular formula is C28H26N2O8. The van der Waals surface area contributed by atoms with Crippen LogP contribution in [0.4, 0.5) is 10.5 Å². The van der Waals surface area contributed by atoms with Crippen LogP contribution in [0.3, 0.4) is 0 Å². The van der Waals surface area contributed by atoms with Gasteiger partial charge in [0.15, 0.2) is 0 Å². The number of hydrogen-bond acceptors (Lipinski definition) is 7. The SMILES string of the molecule is O=C(O)CCN(C(=O)OCc1ccccc1)c1ccc(OCCCON2C(=O)c3ccccc3C2=O)cc1. The van der Waals surface area contributed by atoms with Crippen molar-refractivity contribution in [3.05, 3.63) is 95.6 Å². The summed E-state index contributed by atoms with van der Waals surface area (Å²) in [7, 11) is 0. The lowest BCUT2D eigenvalue weighted by Crippen LogP contribution is -2.33. The number of amides is 3. The van der Waals surface area contributed by atoms with Crippen LogP contribution in [0.25, 0.3) is 0 Å². The summed E-state index contributed by atoms with van der Waals surface area (Å²) >= 11 is 0. The van der Waals surface area contributed by atoms with Crippen LogP contribution in [0.2, 0.25) is 0 Å². The summed E-state index contributed by atoms with van der Waals surface area (Å²) < 4.78 is 11.1. The normalized spacial score (nSPS) is 12.3. The lowest BCUT2D eigenvalue weighted by molar-refractivity contribution is -0.136. The van der Waals surface area contributed by atoms with E-state index in [9.17, 15) is 19.2 Å². The molecule has 0 aliphatic carbocycles. The summed E-state index contributed by atoms with van der Waals surface area (Å²) in [5, 5.41) is 9.84. The zero-order valence-electron chi connectivity index (χ0n) is 20.4. The highest BCUT2D eigenvalue weighted by atomic mass is 16.7. The fraction of sp³-hybridized carbons (Fsp3) is 0.214. The monoisotopic (exact) mass is 518 g/mol. The van der Waals surface area contributed by atoms with Gasteiger partial charge in [0.2, 0.25) is 0 Å². The van der Waals surface area contributed by atoms with E-state index < -0.39 is 23.9 Å². The number of anilines is 1. The maximum Gasteiger partial charge on any atom is 0.414 e. The second-order valence-corrected chi connectivity index (χ2v) is 8.31. The van der Waals surface area contributed by atoms with Crippen molar-refractivity contribution in [2.75, 3.05) is 24.7 Å². The van der Waals surface area contributed by atoms with Crippen LogP contribution in [-0.4, -0.2) is 53.8 Å². The highest BCUT2D eigenvalue weighted by Gasteiger charge is 2.36. The third-order valence-electron chi connectivity index (χ3n) is 5.66. The van der Waals surface area contributed by atoms with E-state index in [0.717, 1.165) is 10.6 Å². The summed E-state index contributed by atoms with van der Waals surface area (Å²) in [4.78, 5) is 55.0. The van der Waals surface area contributed by atoms with Crippen molar-refractivity contribution in [3.63, 3.8) is 0 Å². The van der Waals surface area contributed by atoms with Crippen molar-refractivity contribution in [1.29, 1.82) is 0 Å². The molecule has 10 heteroatoms. The fourth-order valence-corrected chi connectivity index (χ4v) is 3.74. The molecule has 1 aliphatic heterocycles. The molecule has 0 saturated carbocycles. The molecule has 4 rings (SSSR count). The maximum absolute atomic E-state index is 12.7. The first-order valence-electron chi connectivity index (χ1n) is 12.0. The van der Waals surface area contributed by atoms with Crippen LogP contribution in [0, 0.1) is 0 Å². The Morgan fingerprint density at radius 1 is 0.816 bits per heavy atom. The largest absolute Gasteiger partial charge is 0.494 e. The third kappa shape index (κ3) is 6.54. The number of carboxylic acids is 1. The number of fused-ring (bicyclic) bond motifs is 1. The van der Waals surface area contributed by atoms with Crippen molar-refractivity contribution < 1.29 is 38.6 Å². The second-order valence-electron chi connectivity index (χ2n) is 8.31. The molecule has 0 spiro atoms. The number of carbonyl (C=O) groups is 4. The Balaban J connectivity index is 1.26. The Morgan fingerprint density at radius 3 is 2.08 bits per heavy atom. The number of carbonyl (C=O) groups excluding carboxylic acids is 3. The molecule has 0 unspecified atom stereocenters. The van der Waals surface area contributed by atoms with Crippen molar-refractivity contribution in [3.8, 4) is 5.75 Å². The molecule has 3 aromatic rings. The molecule has 1 N–H and O–H groups in total. The van der Waals surface area contributed by atoms with Gasteiger partial charge in [0.25, 0.3) is 11.8 Å². The van der Waals surface area contributed by atoms with Crippen LogP contribution >= 0.6 is 0 Å². The van der Waals surface area contributed by atoms with Crippen LogP contribution in [0.15, 0.2) is 78.9 Å². The smallest absolute Gasteiger partial charge is 0.414 e. The van der Waals surface area contributed by atoms with E-state index in [4.69, 9.17) is 19.4 Å². The van der Waals surface area contributed by atoms with Crippen molar-refractivity contribution >= 4 is 29.6 Å². The number of ether oxygens (including phenoxy) is 2. The van der Waals surface area contributed by atoms with E-state index in [2.05, 4.69) is 0 Å². The molecule has 196 valence electrons. The van der Waals surface area contributed by atoms with Gasteiger partial charge in [-0.1, -0.05) is 42.5 Å². The predicted octanol–water partition coefficient (Wildman–Crippen LogP) is 4.30. The fourth-order valence-electron chi connectivity index (χ4n) is 3.74.